The number of hydrogen-bond donors (Lipinski definition) is 1. The molecule has 7 heteroatoms. The van der Waals surface area contributed by atoms with Crippen LogP contribution in [0.25, 0.3) is 0 Å². The molecule has 0 atom stereocenters. The minimum absolute atomic E-state index is 0.117. The van der Waals surface area contributed by atoms with Crippen LogP contribution in [0.15, 0.2) is 52.1 Å². The van der Waals surface area contributed by atoms with Crippen molar-refractivity contribution in [3.63, 3.8) is 0 Å². The third-order valence-corrected chi connectivity index (χ3v) is 4.69. The van der Waals surface area contributed by atoms with E-state index in [1.54, 1.807) is 0 Å². The summed E-state index contributed by atoms with van der Waals surface area (Å²) in [5.74, 6) is 1.19. The average molecular weight is 383 g/mol. The van der Waals surface area contributed by atoms with E-state index in [4.69, 9.17) is 9.15 Å². The number of nitrogens with zero attached hydrogens (tertiary/aromatic N) is 2. The fraction of sp³-hybridized carbons (Fsp3) is 0.250. The molecule has 0 radical (unpaired) electrons. The molecule has 0 aliphatic carbocycles. The first-order valence-electron chi connectivity index (χ1n) is 8.52. The maximum Gasteiger partial charge on any atom is 0.277 e. The van der Waals surface area contributed by atoms with Gasteiger partial charge in [-0.15, -0.1) is 10.2 Å². The van der Waals surface area contributed by atoms with E-state index in [1.165, 1.54) is 11.8 Å². The summed E-state index contributed by atoms with van der Waals surface area (Å²) in [6.07, 6.45) is 0. The second-order valence-corrected chi connectivity index (χ2v) is 7.10. The van der Waals surface area contributed by atoms with Gasteiger partial charge in [-0.1, -0.05) is 42.1 Å². The van der Waals surface area contributed by atoms with Crippen molar-refractivity contribution in [3.05, 3.63) is 65.0 Å². The number of nitrogens with one attached hydrogen (secondary N) is 1. The molecule has 0 saturated heterocycles. The predicted octanol–water partition coefficient (Wildman–Crippen LogP) is 4.30. The van der Waals surface area contributed by atoms with E-state index in [1.807, 2.05) is 63.2 Å². The third kappa shape index (κ3) is 5.34. The second-order valence-electron chi connectivity index (χ2n) is 6.17. The standard InChI is InChI=1S/C20H21N3O3S/c1-13-6-4-9-16(10-13)25-11-18-22-23-20(26-18)27-12-17(24)21-19-14(2)7-5-8-15(19)3/h4-10H,11-12H2,1-3H3,(H,21,24). The van der Waals surface area contributed by atoms with Crippen molar-refractivity contribution >= 4 is 23.4 Å². The number of aromatic nitrogens is 2. The molecule has 140 valence electrons. The summed E-state index contributed by atoms with van der Waals surface area (Å²) in [6, 6.07) is 13.6. The number of ether oxygens (including phenoxy) is 1. The van der Waals surface area contributed by atoms with Gasteiger partial charge in [0.1, 0.15) is 5.75 Å². The van der Waals surface area contributed by atoms with E-state index in [0.29, 0.717) is 11.1 Å². The summed E-state index contributed by atoms with van der Waals surface area (Å²) < 4.78 is 11.2. The number of hydrogen-bond acceptors (Lipinski definition) is 6. The quantitative estimate of drug-likeness (QED) is 0.613. The number of carbonyl (C=O) groups excluding carboxylic acids is 1. The first-order chi connectivity index (χ1) is 13.0. The van der Waals surface area contributed by atoms with Gasteiger partial charge in [0.2, 0.25) is 5.91 Å². The van der Waals surface area contributed by atoms with Crippen molar-refractivity contribution in [1.29, 1.82) is 0 Å². The largest absolute Gasteiger partial charge is 0.484 e. The Labute approximate surface area is 162 Å². The predicted molar refractivity (Wildman–Crippen MR) is 105 cm³/mol. The van der Waals surface area contributed by atoms with E-state index in [9.17, 15) is 4.79 Å². The van der Waals surface area contributed by atoms with Gasteiger partial charge in [0, 0.05) is 5.69 Å². The molecule has 6 nitrogen and oxygen atoms in total. The molecule has 3 aromatic rings. The Bertz CT molecular complexity index is 919. The maximum atomic E-state index is 12.2. The van der Waals surface area contributed by atoms with Crippen LogP contribution in [0.4, 0.5) is 5.69 Å². The third-order valence-electron chi connectivity index (χ3n) is 3.87. The van der Waals surface area contributed by atoms with Crippen LogP contribution in [0, 0.1) is 20.8 Å². The van der Waals surface area contributed by atoms with Crippen LogP contribution >= 0.6 is 11.8 Å². The fourth-order valence-electron chi connectivity index (χ4n) is 2.52. The van der Waals surface area contributed by atoms with E-state index in [-0.39, 0.29) is 18.3 Å². The molecule has 0 aliphatic heterocycles. The molecule has 0 aliphatic rings. The highest BCUT2D eigenvalue weighted by Crippen LogP contribution is 2.21. The van der Waals surface area contributed by atoms with Crippen LogP contribution in [-0.4, -0.2) is 21.9 Å². The topological polar surface area (TPSA) is 77.2 Å². The van der Waals surface area contributed by atoms with Gasteiger partial charge in [0.15, 0.2) is 6.61 Å². The summed E-state index contributed by atoms with van der Waals surface area (Å²) in [4.78, 5) is 12.2. The highest BCUT2D eigenvalue weighted by atomic mass is 32.2. The summed E-state index contributed by atoms with van der Waals surface area (Å²) in [5.41, 5.74) is 4.02. The summed E-state index contributed by atoms with van der Waals surface area (Å²) in [5, 5.41) is 11.2. The molecule has 2 aromatic carbocycles. The molecule has 3 rings (SSSR count). The molecule has 27 heavy (non-hydrogen) atoms. The molecule has 1 heterocycles. The lowest BCUT2D eigenvalue weighted by Crippen LogP contribution is -2.15. The van der Waals surface area contributed by atoms with Gasteiger partial charge in [-0.25, -0.2) is 0 Å². The normalized spacial score (nSPS) is 10.6. The Kier molecular flexibility index (Phi) is 6.13. The number of thioether (sulfide) groups is 1. The Balaban J connectivity index is 1.50. The van der Waals surface area contributed by atoms with Crippen molar-refractivity contribution in [1.82, 2.24) is 10.2 Å². The number of rotatable bonds is 7. The summed E-state index contributed by atoms with van der Waals surface area (Å²) >= 11 is 1.20. The Morgan fingerprint density at radius 1 is 1.11 bits per heavy atom. The van der Waals surface area contributed by atoms with Crippen LogP contribution in [0.3, 0.4) is 0 Å². The first-order valence-corrected chi connectivity index (χ1v) is 9.50. The zero-order chi connectivity index (χ0) is 19.2. The zero-order valence-electron chi connectivity index (χ0n) is 15.5. The minimum atomic E-state index is -0.117. The molecule has 1 amide bonds. The lowest BCUT2D eigenvalue weighted by Gasteiger charge is -2.10. The Hall–Kier alpha value is -2.80. The van der Waals surface area contributed by atoms with Gasteiger partial charge in [0.05, 0.1) is 5.75 Å². The fourth-order valence-corrected chi connectivity index (χ4v) is 3.10. The second kappa shape index (κ2) is 8.73. The van der Waals surface area contributed by atoms with Gasteiger partial charge in [0.25, 0.3) is 11.1 Å². The van der Waals surface area contributed by atoms with Crippen molar-refractivity contribution < 1.29 is 13.9 Å². The van der Waals surface area contributed by atoms with Crippen LogP contribution in [0.5, 0.6) is 5.75 Å². The summed E-state index contributed by atoms with van der Waals surface area (Å²) in [6.45, 7) is 6.12. The number of benzene rings is 2. The number of amides is 1. The van der Waals surface area contributed by atoms with Gasteiger partial charge in [-0.05, 0) is 49.6 Å². The molecule has 0 fully saturated rings. The molecule has 0 spiro atoms. The number of anilines is 1. The van der Waals surface area contributed by atoms with Gasteiger partial charge in [-0.3, -0.25) is 4.79 Å². The number of aryl methyl sites for hydroxylation is 3. The van der Waals surface area contributed by atoms with Crippen molar-refractivity contribution in [3.8, 4) is 5.75 Å². The Morgan fingerprint density at radius 3 is 2.59 bits per heavy atom. The number of carbonyl (C=O) groups is 1. The van der Waals surface area contributed by atoms with Gasteiger partial charge in [-0.2, -0.15) is 0 Å². The molecule has 0 saturated carbocycles. The SMILES string of the molecule is Cc1cccc(OCc2nnc(SCC(=O)Nc3c(C)cccc3C)o2)c1. The number of para-hydroxylation sites is 1. The molecule has 1 aromatic heterocycles. The van der Waals surface area contributed by atoms with Gasteiger partial charge >= 0.3 is 0 Å². The monoisotopic (exact) mass is 383 g/mol. The molecule has 0 bridgehead atoms. The van der Waals surface area contributed by atoms with E-state index >= 15 is 0 Å². The van der Waals surface area contributed by atoms with E-state index in [0.717, 1.165) is 28.1 Å². The molecule has 1 N–H and O–H groups in total. The molecule has 0 unspecified atom stereocenters. The Morgan fingerprint density at radius 2 is 1.85 bits per heavy atom. The van der Waals surface area contributed by atoms with E-state index < -0.39 is 0 Å². The smallest absolute Gasteiger partial charge is 0.277 e. The first kappa shape index (κ1) is 19.0. The highest BCUT2D eigenvalue weighted by Gasteiger charge is 2.12. The maximum absolute atomic E-state index is 12.2. The van der Waals surface area contributed by atoms with E-state index in [2.05, 4.69) is 15.5 Å². The van der Waals surface area contributed by atoms with Gasteiger partial charge < -0.3 is 14.5 Å². The van der Waals surface area contributed by atoms with Crippen molar-refractivity contribution in [2.45, 2.75) is 32.6 Å². The van der Waals surface area contributed by atoms with Crippen LogP contribution in [0.2, 0.25) is 0 Å². The lowest BCUT2D eigenvalue weighted by molar-refractivity contribution is -0.113. The van der Waals surface area contributed by atoms with Crippen LogP contribution < -0.4 is 10.1 Å². The van der Waals surface area contributed by atoms with Crippen LogP contribution in [-0.2, 0) is 11.4 Å². The minimum Gasteiger partial charge on any atom is -0.484 e. The zero-order valence-corrected chi connectivity index (χ0v) is 16.3. The summed E-state index contributed by atoms with van der Waals surface area (Å²) in [7, 11) is 0. The van der Waals surface area contributed by atoms with Crippen molar-refractivity contribution in [2.75, 3.05) is 11.1 Å². The molecular formula is C20H21N3O3S. The lowest BCUT2D eigenvalue weighted by atomic mass is 10.1. The average Bonchev–Trinajstić information content (AvgIpc) is 3.09. The molecular weight excluding hydrogens is 362 g/mol. The van der Waals surface area contributed by atoms with Crippen molar-refractivity contribution in [2.24, 2.45) is 0 Å². The van der Waals surface area contributed by atoms with Crippen LogP contribution in [0.1, 0.15) is 22.6 Å². The highest BCUT2D eigenvalue weighted by molar-refractivity contribution is 7.99.